The highest BCUT2D eigenvalue weighted by Gasteiger charge is 2.44. The van der Waals surface area contributed by atoms with Crippen LogP contribution in [-0.2, 0) is 4.79 Å². The summed E-state index contributed by atoms with van der Waals surface area (Å²) < 4.78 is 0. The standard InChI is InChI=1S/C14H18N2OS/c17-13(4-3-12-2-1-9-18-12)16-10-14(11-16)5-7-15-8-6-14/h1-4,9,15H,5-8,10-11H2/b4-3+. The van der Waals surface area contributed by atoms with E-state index in [1.807, 2.05) is 28.5 Å². The molecule has 0 saturated carbocycles. The second-order valence-corrected chi connectivity index (χ2v) is 6.27. The van der Waals surface area contributed by atoms with Crippen LogP contribution in [0, 0.1) is 5.41 Å². The van der Waals surface area contributed by atoms with Crippen molar-refractivity contribution in [1.82, 2.24) is 10.2 Å². The molecule has 1 aromatic heterocycles. The molecule has 18 heavy (non-hydrogen) atoms. The van der Waals surface area contributed by atoms with Crippen molar-refractivity contribution >= 4 is 23.3 Å². The van der Waals surface area contributed by atoms with Crippen molar-refractivity contribution in [3.8, 4) is 0 Å². The Bertz CT molecular complexity index is 438. The fourth-order valence-electron chi connectivity index (χ4n) is 2.84. The summed E-state index contributed by atoms with van der Waals surface area (Å²) in [6.07, 6.45) is 6.05. The van der Waals surface area contributed by atoms with Gasteiger partial charge in [-0.3, -0.25) is 4.79 Å². The van der Waals surface area contributed by atoms with E-state index in [4.69, 9.17) is 0 Å². The second kappa shape index (κ2) is 4.86. The van der Waals surface area contributed by atoms with E-state index in [9.17, 15) is 4.79 Å². The van der Waals surface area contributed by atoms with E-state index in [2.05, 4.69) is 5.32 Å². The zero-order valence-corrected chi connectivity index (χ0v) is 11.2. The molecule has 0 bridgehead atoms. The van der Waals surface area contributed by atoms with Crippen LogP contribution in [0.25, 0.3) is 6.08 Å². The molecule has 2 aliphatic rings. The largest absolute Gasteiger partial charge is 0.338 e. The Kier molecular flexibility index (Phi) is 3.22. The van der Waals surface area contributed by atoms with Gasteiger partial charge in [0.15, 0.2) is 0 Å². The quantitative estimate of drug-likeness (QED) is 0.827. The predicted octanol–water partition coefficient (Wildman–Crippen LogP) is 1.97. The minimum absolute atomic E-state index is 0.160. The van der Waals surface area contributed by atoms with E-state index < -0.39 is 0 Å². The van der Waals surface area contributed by atoms with Crippen molar-refractivity contribution in [3.05, 3.63) is 28.5 Å². The zero-order valence-electron chi connectivity index (χ0n) is 10.4. The van der Waals surface area contributed by atoms with Gasteiger partial charge in [0.25, 0.3) is 0 Å². The van der Waals surface area contributed by atoms with Gasteiger partial charge in [-0.15, -0.1) is 11.3 Å². The van der Waals surface area contributed by atoms with Crippen LogP contribution in [0.4, 0.5) is 0 Å². The first kappa shape index (κ1) is 11.9. The minimum Gasteiger partial charge on any atom is -0.338 e. The van der Waals surface area contributed by atoms with Crippen LogP contribution in [0.15, 0.2) is 23.6 Å². The highest BCUT2D eigenvalue weighted by molar-refractivity contribution is 7.10. The van der Waals surface area contributed by atoms with E-state index in [1.54, 1.807) is 17.4 Å². The lowest BCUT2D eigenvalue weighted by atomic mass is 9.72. The molecule has 0 aromatic carbocycles. The first-order valence-corrected chi connectivity index (χ1v) is 7.37. The predicted molar refractivity (Wildman–Crippen MR) is 74.5 cm³/mol. The van der Waals surface area contributed by atoms with Gasteiger partial charge in [0, 0.05) is 29.5 Å². The molecule has 0 aliphatic carbocycles. The Balaban J connectivity index is 1.53. The Morgan fingerprint density at radius 2 is 2.17 bits per heavy atom. The number of carbonyl (C=O) groups excluding carboxylic acids is 1. The molecule has 96 valence electrons. The number of rotatable bonds is 2. The van der Waals surface area contributed by atoms with E-state index in [-0.39, 0.29) is 5.91 Å². The third-order valence-corrected chi connectivity index (χ3v) is 4.80. The molecular formula is C14H18N2OS. The topological polar surface area (TPSA) is 32.3 Å². The SMILES string of the molecule is O=C(/C=C/c1cccs1)N1CC2(CCNCC2)C1. The van der Waals surface area contributed by atoms with Crippen molar-refractivity contribution in [3.63, 3.8) is 0 Å². The first-order valence-electron chi connectivity index (χ1n) is 6.49. The number of thiophene rings is 1. The van der Waals surface area contributed by atoms with Gasteiger partial charge in [-0.2, -0.15) is 0 Å². The molecule has 2 fully saturated rings. The van der Waals surface area contributed by atoms with Crippen LogP contribution in [0.1, 0.15) is 17.7 Å². The van der Waals surface area contributed by atoms with Gasteiger partial charge >= 0.3 is 0 Å². The number of piperidine rings is 1. The molecule has 0 unspecified atom stereocenters. The molecule has 1 aromatic rings. The lowest BCUT2D eigenvalue weighted by molar-refractivity contribution is -0.139. The molecule has 3 nitrogen and oxygen atoms in total. The molecule has 1 amide bonds. The summed E-state index contributed by atoms with van der Waals surface area (Å²) in [6.45, 7) is 4.10. The smallest absolute Gasteiger partial charge is 0.246 e. The lowest BCUT2D eigenvalue weighted by Gasteiger charge is -2.52. The fourth-order valence-corrected chi connectivity index (χ4v) is 3.46. The zero-order chi connectivity index (χ0) is 12.4. The molecule has 0 radical (unpaired) electrons. The molecule has 4 heteroatoms. The number of amides is 1. The second-order valence-electron chi connectivity index (χ2n) is 5.29. The minimum atomic E-state index is 0.160. The van der Waals surface area contributed by atoms with Gasteiger partial charge in [-0.05, 0) is 43.5 Å². The number of likely N-dealkylation sites (tertiary alicyclic amines) is 1. The van der Waals surface area contributed by atoms with Crippen LogP contribution in [0.5, 0.6) is 0 Å². The van der Waals surface area contributed by atoms with Crippen LogP contribution in [0.2, 0.25) is 0 Å². The molecule has 3 heterocycles. The number of nitrogens with zero attached hydrogens (tertiary/aromatic N) is 1. The first-order chi connectivity index (χ1) is 8.77. The van der Waals surface area contributed by atoms with E-state index >= 15 is 0 Å². The van der Waals surface area contributed by atoms with Crippen molar-refractivity contribution in [2.45, 2.75) is 12.8 Å². The Labute approximate surface area is 111 Å². The van der Waals surface area contributed by atoms with Crippen LogP contribution in [0.3, 0.4) is 0 Å². The Morgan fingerprint density at radius 3 is 2.83 bits per heavy atom. The van der Waals surface area contributed by atoms with E-state index in [0.29, 0.717) is 5.41 Å². The van der Waals surface area contributed by atoms with Crippen LogP contribution < -0.4 is 5.32 Å². The number of carbonyl (C=O) groups is 1. The van der Waals surface area contributed by atoms with Crippen molar-refractivity contribution in [2.24, 2.45) is 5.41 Å². The van der Waals surface area contributed by atoms with Crippen molar-refractivity contribution < 1.29 is 4.79 Å². The third kappa shape index (κ3) is 2.35. The van der Waals surface area contributed by atoms with Gasteiger partial charge in [-0.25, -0.2) is 0 Å². The normalized spacial score (nSPS) is 22.3. The van der Waals surface area contributed by atoms with Crippen LogP contribution in [-0.4, -0.2) is 37.0 Å². The Morgan fingerprint density at radius 1 is 1.39 bits per heavy atom. The summed E-state index contributed by atoms with van der Waals surface area (Å²) in [4.78, 5) is 15.1. The van der Waals surface area contributed by atoms with Gasteiger partial charge in [0.05, 0.1) is 0 Å². The van der Waals surface area contributed by atoms with Gasteiger partial charge < -0.3 is 10.2 Å². The maximum Gasteiger partial charge on any atom is 0.246 e. The van der Waals surface area contributed by atoms with Gasteiger partial charge in [0.2, 0.25) is 5.91 Å². The summed E-state index contributed by atoms with van der Waals surface area (Å²) in [7, 11) is 0. The monoisotopic (exact) mass is 262 g/mol. The molecule has 1 N–H and O–H groups in total. The highest BCUT2D eigenvalue weighted by Crippen LogP contribution is 2.38. The number of nitrogens with one attached hydrogen (secondary N) is 1. The summed E-state index contributed by atoms with van der Waals surface area (Å²) in [5.41, 5.74) is 0.428. The summed E-state index contributed by atoms with van der Waals surface area (Å²) in [5, 5.41) is 5.41. The molecule has 3 rings (SSSR count). The number of hydrogen-bond acceptors (Lipinski definition) is 3. The fraction of sp³-hybridized carbons (Fsp3) is 0.500. The third-order valence-electron chi connectivity index (χ3n) is 3.96. The average Bonchev–Trinajstić information content (AvgIpc) is 2.87. The Hall–Kier alpha value is -1.13. The molecule has 1 spiro atoms. The van der Waals surface area contributed by atoms with Gasteiger partial charge in [0.1, 0.15) is 0 Å². The molecule has 0 atom stereocenters. The molecule has 2 saturated heterocycles. The maximum atomic E-state index is 12.0. The van der Waals surface area contributed by atoms with E-state index in [0.717, 1.165) is 31.1 Å². The summed E-state index contributed by atoms with van der Waals surface area (Å²) in [6, 6.07) is 4.03. The lowest BCUT2D eigenvalue weighted by Crippen LogP contribution is -2.61. The maximum absolute atomic E-state index is 12.0. The van der Waals surface area contributed by atoms with Crippen molar-refractivity contribution in [1.29, 1.82) is 0 Å². The molecule has 2 aliphatic heterocycles. The molecular weight excluding hydrogens is 244 g/mol. The highest BCUT2D eigenvalue weighted by atomic mass is 32.1. The summed E-state index contributed by atoms with van der Waals surface area (Å²) >= 11 is 1.66. The average molecular weight is 262 g/mol. The number of hydrogen-bond donors (Lipinski definition) is 1. The van der Waals surface area contributed by atoms with Gasteiger partial charge in [-0.1, -0.05) is 6.07 Å². The van der Waals surface area contributed by atoms with Crippen molar-refractivity contribution in [2.75, 3.05) is 26.2 Å². The van der Waals surface area contributed by atoms with E-state index in [1.165, 1.54) is 12.8 Å². The summed E-state index contributed by atoms with van der Waals surface area (Å²) in [5.74, 6) is 0.160. The van der Waals surface area contributed by atoms with Crippen LogP contribution >= 0.6 is 11.3 Å².